The van der Waals surface area contributed by atoms with Gasteiger partial charge in [-0.15, -0.1) is 0 Å². The largest absolute Gasteiger partial charge is 0.398 e. The Balaban J connectivity index is 2.89. The second kappa shape index (κ2) is 4.79. The summed E-state index contributed by atoms with van der Waals surface area (Å²) in [5, 5.41) is 16.5. The SMILES string of the molecule is N=C(/C=C(\N)c1ccc(Cl)cc1)CO. The van der Waals surface area contributed by atoms with Gasteiger partial charge in [0.2, 0.25) is 0 Å². The highest BCUT2D eigenvalue weighted by Gasteiger charge is 1.97. The molecule has 0 unspecified atom stereocenters. The number of aliphatic hydroxyl groups excluding tert-OH is 1. The molecule has 14 heavy (non-hydrogen) atoms. The van der Waals surface area contributed by atoms with Crippen LogP contribution in [0.1, 0.15) is 5.56 Å². The van der Waals surface area contributed by atoms with Crippen LogP contribution in [-0.4, -0.2) is 17.4 Å². The number of hydrogen-bond acceptors (Lipinski definition) is 3. The lowest BCUT2D eigenvalue weighted by Crippen LogP contribution is -2.04. The zero-order valence-corrected chi connectivity index (χ0v) is 8.25. The van der Waals surface area contributed by atoms with Crippen LogP contribution in [0.15, 0.2) is 30.3 Å². The highest BCUT2D eigenvalue weighted by Crippen LogP contribution is 2.13. The molecule has 0 spiro atoms. The topological polar surface area (TPSA) is 70.1 Å². The minimum Gasteiger partial charge on any atom is -0.398 e. The maximum Gasteiger partial charge on any atom is 0.0846 e. The van der Waals surface area contributed by atoms with E-state index in [9.17, 15) is 0 Å². The number of nitrogens with two attached hydrogens (primary N) is 1. The summed E-state index contributed by atoms with van der Waals surface area (Å²) in [4.78, 5) is 0. The predicted molar refractivity (Wildman–Crippen MR) is 58.4 cm³/mol. The molecule has 0 aromatic heterocycles. The first-order valence-electron chi connectivity index (χ1n) is 4.05. The fraction of sp³-hybridized carbons (Fsp3) is 0.100. The maximum absolute atomic E-state index is 8.63. The Morgan fingerprint density at radius 3 is 2.50 bits per heavy atom. The van der Waals surface area contributed by atoms with E-state index in [1.807, 2.05) is 0 Å². The number of benzene rings is 1. The van der Waals surface area contributed by atoms with E-state index in [1.165, 1.54) is 6.08 Å². The van der Waals surface area contributed by atoms with Crippen molar-refractivity contribution in [2.24, 2.45) is 5.73 Å². The average molecular weight is 211 g/mol. The quantitative estimate of drug-likeness (QED) is 0.664. The minimum atomic E-state index is -0.311. The molecule has 0 saturated carbocycles. The molecule has 0 atom stereocenters. The van der Waals surface area contributed by atoms with E-state index in [1.54, 1.807) is 24.3 Å². The Hall–Kier alpha value is -1.32. The van der Waals surface area contributed by atoms with Crippen LogP contribution in [0, 0.1) is 5.41 Å². The number of nitrogens with one attached hydrogen (secondary N) is 1. The smallest absolute Gasteiger partial charge is 0.0846 e. The van der Waals surface area contributed by atoms with E-state index in [0.717, 1.165) is 5.56 Å². The highest BCUT2D eigenvalue weighted by molar-refractivity contribution is 6.30. The van der Waals surface area contributed by atoms with Crippen LogP contribution in [0.25, 0.3) is 5.70 Å². The minimum absolute atomic E-state index is 0.0810. The molecule has 0 heterocycles. The van der Waals surface area contributed by atoms with Crippen molar-refractivity contribution in [3.05, 3.63) is 40.9 Å². The van der Waals surface area contributed by atoms with Gasteiger partial charge in [-0.05, 0) is 23.8 Å². The van der Waals surface area contributed by atoms with Crippen molar-refractivity contribution in [2.75, 3.05) is 6.61 Å². The van der Waals surface area contributed by atoms with Gasteiger partial charge < -0.3 is 16.2 Å². The standard InChI is InChI=1S/C10H11ClN2O/c11-8-3-1-7(2-4-8)10(13)5-9(12)6-14/h1-5,12,14H,6,13H2/b10-5-,12-9?. The van der Waals surface area contributed by atoms with Gasteiger partial charge in [0.05, 0.1) is 12.3 Å². The lowest BCUT2D eigenvalue weighted by molar-refractivity contribution is 0.357. The highest BCUT2D eigenvalue weighted by atomic mass is 35.5. The van der Waals surface area contributed by atoms with Gasteiger partial charge in [0.1, 0.15) is 0 Å². The van der Waals surface area contributed by atoms with Gasteiger partial charge in [0.25, 0.3) is 0 Å². The Morgan fingerprint density at radius 1 is 1.43 bits per heavy atom. The van der Waals surface area contributed by atoms with E-state index in [4.69, 9.17) is 27.9 Å². The number of hydrogen-bond donors (Lipinski definition) is 3. The first-order valence-corrected chi connectivity index (χ1v) is 4.42. The second-order valence-electron chi connectivity index (χ2n) is 2.79. The van der Waals surface area contributed by atoms with E-state index in [2.05, 4.69) is 0 Å². The summed E-state index contributed by atoms with van der Waals surface area (Å²) in [5.41, 5.74) is 7.00. The molecular weight excluding hydrogens is 200 g/mol. The summed E-state index contributed by atoms with van der Waals surface area (Å²) in [6.45, 7) is -0.311. The Kier molecular flexibility index (Phi) is 3.68. The van der Waals surface area contributed by atoms with Gasteiger partial charge >= 0.3 is 0 Å². The third-order valence-corrected chi connectivity index (χ3v) is 1.93. The zero-order valence-electron chi connectivity index (χ0n) is 7.50. The van der Waals surface area contributed by atoms with Gasteiger partial charge in [-0.3, -0.25) is 0 Å². The third kappa shape index (κ3) is 2.87. The van der Waals surface area contributed by atoms with Gasteiger partial charge in [0, 0.05) is 10.7 Å². The summed E-state index contributed by atoms with van der Waals surface area (Å²) >= 11 is 5.71. The number of rotatable bonds is 3. The molecule has 0 saturated heterocycles. The van der Waals surface area contributed by atoms with Crippen LogP contribution < -0.4 is 5.73 Å². The molecule has 0 radical (unpaired) electrons. The van der Waals surface area contributed by atoms with Crippen molar-refractivity contribution >= 4 is 23.0 Å². The maximum atomic E-state index is 8.63. The summed E-state index contributed by atoms with van der Waals surface area (Å²) < 4.78 is 0. The second-order valence-corrected chi connectivity index (χ2v) is 3.23. The van der Waals surface area contributed by atoms with E-state index < -0.39 is 0 Å². The Labute approximate surface area is 87.3 Å². The molecule has 4 N–H and O–H groups in total. The monoisotopic (exact) mass is 210 g/mol. The van der Waals surface area contributed by atoms with Gasteiger partial charge in [-0.1, -0.05) is 23.7 Å². The molecule has 1 rings (SSSR count). The zero-order chi connectivity index (χ0) is 10.6. The van der Waals surface area contributed by atoms with Crippen LogP contribution in [-0.2, 0) is 0 Å². The Bertz CT molecular complexity index is 357. The molecule has 0 aliphatic carbocycles. The Morgan fingerprint density at radius 2 is 2.00 bits per heavy atom. The fourth-order valence-corrected chi connectivity index (χ4v) is 1.09. The van der Waals surface area contributed by atoms with Crippen molar-refractivity contribution in [3.8, 4) is 0 Å². The third-order valence-electron chi connectivity index (χ3n) is 1.68. The molecule has 1 aromatic rings. The number of aliphatic hydroxyl groups is 1. The van der Waals surface area contributed by atoms with Crippen LogP contribution in [0.4, 0.5) is 0 Å². The van der Waals surface area contributed by atoms with Crippen LogP contribution in [0.5, 0.6) is 0 Å². The van der Waals surface area contributed by atoms with Gasteiger partial charge in [0.15, 0.2) is 0 Å². The summed E-state index contributed by atoms with van der Waals surface area (Å²) in [6.07, 6.45) is 1.42. The van der Waals surface area contributed by atoms with Crippen LogP contribution >= 0.6 is 11.6 Å². The average Bonchev–Trinajstić information content (AvgIpc) is 2.18. The molecule has 74 valence electrons. The summed E-state index contributed by atoms with van der Waals surface area (Å²) in [5.74, 6) is 0. The predicted octanol–water partition coefficient (Wildman–Crippen LogP) is 1.65. The van der Waals surface area contributed by atoms with E-state index >= 15 is 0 Å². The molecule has 1 aromatic carbocycles. The van der Waals surface area contributed by atoms with Crippen molar-refractivity contribution in [1.82, 2.24) is 0 Å². The molecular formula is C10H11ClN2O. The molecule has 0 amide bonds. The molecule has 3 nitrogen and oxygen atoms in total. The molecule has 0 aliphatic heterocycles. The molecule has 0 bridgehead atoms. The van der Waals surface area contributed by atoms with E-state index in [0.29, 0.717) is 10.7 Å². The molecule has 4 heteroatoms. The van der Waals surface area contributed by atoms with Crippen molar-refractivity contribution < 1.29 is 5.11 Å². The number of halogens is 1. The van der Waals surface area contributed by atoms with Crippen molar-refractivity contribution in [1.29, 1.82) is 5.41 Å². The molecule has 0 aliphatic rings. The first-order chi connectivity index (χ1) is 6.63. The van der Waals surface area contributed by atoms with E-state index in [-0.39, 0.29) is 12.3 Å². The first kappa shape index (κ1) is 10.8. The van der Waals surface area contributed by atoms with Crippen molar-refractivity contribution in [3.63, 3.8) is 0 Å². The lowest BCUT2D eigenvalue weighted by atomic mass is 10.1. The summed E-state index contributed by atoms with van der Waals surface area (Å²) in [7, 11) is 0. The molecule has 0 fully saturated rings. The normalized spacial score (nSPS) is 11.4. The van der Waals surface area contributed by atoms with Gasteiger partial charge in [-0.2, -0.15) is 0 Å². The van der Waals surface area contributed by atoms with Gasteiger partial charge in [-0.25, -0.2) is 0 Å². The summed E-state index contributed by atoms with van der Waals surface area (Å²) in [6, 6.07) is 6.97. The van der Waals surface area contributed by atoms with Crippen molar-refractivity contribution in [2.45, 2.75) is 0 Å². The lowest BCUT2D eigenvalue weighted by Gasteiger charge is -2.01. The van der Waals surface area contributed by atoms with Crippen LogP contribution in [0.3, 0.4) is 0 Å². The fourth-order valence-electron chi connectivity index (χ4n) is 0.959. The van der Waals surface area contributed by atoms with Crippen LogP contribution in [0.2, 0.25) is 5.02 Å².